The minimum Gasteiger partial charge on any atom is -0.447 e. The predicted octanol–water partition coefficient (Wildman–Crippen LogP) is 1.27. The molecule has 1 unspecified atom stereocenters. The van der Waals surface area contributed by atoms with E-state index in [1.165, 1.54) is 21.3 Å². The summed E-state index contributed by atoms with van der Waals surface area (Å²) in [4.78, 5) is 1.42. The van der Waals surface area contributed by atoms with Gasteiger partial charge in [0.15, 0.2) is 0 Å². The Bertz CT molecular complexity index is 655. The molecule has 0 saturated carbocycles. The molecule has 0 aromatic carbocycles. The molecule has 0 radical (unpaired) electrons. The molecule has 0 amide bonds. The normalized spacial score (nSPS) is 26.1. The van der Waals surface area contributed by atoms with Crippen LogP contribution < -0.4 is 0 Å². The first kappa shape index (κ1) is 16.8. The number of aliphatic hydroxyl groups is 1. The molecule has 0 spiro atoms. The molecule has 6 nitrogen and oxygen atoms in total. The fourth-order valence-electron chi connectivity index (χ4n) is 3.17. The molecule has 130 valence electrons. The van der Waals surface area contributed by atoms with Crippen molar-refractivity contribution in [1.29, 1.82) is 0 Å². The molecule has 0 bridgehead atoms. The SMILES string of the molecule is O=S(=O)(c1ccc(CN2CC(F)(F)CC2CO)o1)N1CCCC1. The van der Waals surface area contributed by atoms with Gasteiger partial charge in [0, 0.05) is 25.6 Å². The number of hydrogen-bond acceptors (Lipinski definition) is 5. The van der Waals surface area contributed by atoms with Crippen LogP contribution in [0.4, 0.5) is 8.78 Å². The van der Waals surface area contributed by atoms with E-state index >= 15 is 0 Å². The summed E-state index contributed by atoms with van der Waals surface area (Å²) in [7, 11) is -3.64. The molecule has 3 heterocycles. The third-order valence-electron chi connectivity index (χ3n) is 4.35. The minimum atomic E-state index is -3.64. The van der Waals surface area contributed by atoms with Crippen molar-refractivity contribution < 1.29 is 26.7 Å². The van der Waals surface area contributed by atoms with Crippen molar-refractivity contribution in [2.24, 2.45) is 0 Å². The largest absolute Gasteiger partial charge is 0.447 e. The molecule has 2 aliphatic rings. The number of aliphatic hydroxyl groups excluding tert-OH is 1. The van der Waals surface area contributed by atoms with E-state index in [1.807, 2.05) is 0 Å². The van der Waals surface area contributed by atoms with Crippen LogP contribution in [0.5, 0.6) is 0 Å². The van der Waals surface area contributed by atoms with Crippen LogP contribution in [-0.4, -0.2) is 60.9 Å². The minimum absolute atomic E-state index is 0.0519. The highest BCUT2D eigenvalue weighted by molar-refractivity contribution is 7.89. The molecule has 1 N–H and O–H groups in total. The van der Waals surface area contributed by atoms with Gasteiger partial charge in [-0.1, -0.05) is 0 Å². The quantitative estimate of drug-likeness (QED) is 0.866. The summed E-state index contributed by atoms with van der Waals surface area (Å²) in [6.45, 7) is 0.172. The summed E-state index contributed by atoms with van der Waals surface area (Å²) < 4.78 is 58.4. The van der Waals surface area contributed by atoms with Gasteiger partial charge < -0.3 is 9.52 Å². The van der Waals surface area contributed by atoms with Crippen molar-refractivity contribution in [1.82, 2.24) is 9.21 Å². The summed E-state index contributed by atoms with van der Waals surface area (Å²) in [5, 5.41) is 9.06. The first-order valence-electron chi connectivity index (χ1n) is 7.63. The summed E-state index contributed by atoms with van der Waals surface area (Å²) >= 11 is 0. The summed E-state index contributed by atoms with van der Waals surface area (Å²) in [5.41, 5.74) is 0. The summed E-state index contributed by atoms with van der Waals surface area (Å²) in [5.74, 6) is -2.54. The number of likely N-dealkylation sites (tertiary alicyclic amines) is 1. The lowest BCUT2D eigenvalue weighted by atomic mass is 10.2. The van der Waals surface area contributed by atoms with Gasteiger partial charge in [-0.05, 0) is 25.0 Å². The van der Waals surface area contributed by atoms with Gasteiger partial charge in [0.2, 0.25) is 5.09 Å². The lowest BCUT2D eigenvalue weighted by Crippen LogP contribution is -2.32. The van der Waals surface area contributed by atoms with Crippen molar-refractivity contribution in [2.45, 2.75) is 42.9 Å². The Morgan fingerprint density at radius 3 is 2.65 bits per heavy atom. The Morgan fingerprint density at radius 2 is 2.00 bits per heavy atom. The molecule has 1 aromatic heterocycles. The number of rotatable bonds is 5. The Labute approximate surface area is 133 Å². The molecule has 2 aliphatic heterocycles. The first-order valence-corrected chi connectivity index (χ1v) is 9.07. The monoisotopic (exact) mass is 350 g/mol. The second-order valence-corrected chi connectivity index (χ2v) is 8.00. The predicted molar refractivity (Wildman–Crippen MR) is 77.5 cm³/mol. The molecular weight excluding hydrogens is 330 g/mol. The van der Waals surface area contributed by atoms with Crippen LogP contribution in [0.25, 0.3) is 0 Å². The van der Waals surface area contributed by atoms with E-state index in [4.69, 9.17) is 4.42 Å². The molecular formula is C14H20F2N2O4S. The maximum absolute atomic E-state index is 13.4. The highest BCUT2D eigenvalue weighted by Crippen LogP contribution is 2.33. The second kappa shape index (κ2) is 6.12. The zero-order valence-electron chi connectivity index (χ0n) is 12.6. The van der Waals surface area contributed by atoms with Crippen LogP contribution in [0, 0.1) is 0 Å². The molecule has 3 rings (SSSR count). The molecule has 9 heteroatoms. The first-order chi connectivity index (χ1) is 10.8. The second-order valence-electron chi connectivity index (χ2n) is 6.13. The number of halogens is 2. The Kier molecular flexibility index (Phi) is 4.47. The fraction of sp³-hybridized carbons (Fsp3) is 0.714. The maximum atomic E-state index is 13.4. The Hall–Kier alpha value is -1.03. The van der Waals surface area contributed by atoms with Gasteiger partial charge in [-0.15, -0.1) is 0 Å². The number of alkyl halides is 2. The highest BCUT2D eigenvalue weighted by Gasteiger charge is 2.44. The van der Waals surface area contributed by atoms with Gasteiger partial charge in [0.1, 0.15) is 5.76 Å². The average Bonchev–Trinajstić information content (AvgIpc) is 3.18. The zero-order chi connectivity index (χ0) is 16.7. The van der Waals surface area contributed by atoms with Crippen LogP contribution in [-0.2, 0) is 16.6 Å². The van der Waals surface area contributed by atoms with Crippen LogP contribution in [0.2, 0.25) is 0 Å². The van der Waals surface area contributed by atoms with Crippen molar-refractivity contribution >= 4 is 10.0 Å². The topological polar surface area (TPSA) is 74.0 Å². The highest BCUT2D eigenvalue weighted by atomic mass is 32.2. The summed E-state index contributed by atoms with van der Waals surface area (Å²) in [6.07, 6.45) is 1.25. The van der Waals surface area contributed by atoms with Crippen LogP contribution in [0.1, 0.15) is 25.0 Å². The van der Waals surface area contributed by atoms with Gasteiger partial charge in [-0.3, -0.25) is 4.90 Å². The van der Waals surface area contributed by atoms with Gasteiger partial charge in [0.25, 0.3) is 15.9 Å². The van der Waals surface area contributed by atoms with Crippen LogP contribution >= 0.6 is 0 Å². The molecule has 2 saturated heterocycles. The number of nitrogens with zero attached hydrogens (tertiary/aromatic N) is 2. The van der Waals surface area contributed by atoms with Gasteiger partial charge in [-0.25, -0.2) is 17.2 Å². The number of sulfonamides is 1. The van der Waals surface area contributed by atoms with Crippen molar-refractivity contribution in [3.8, 4) is 0 Å². The smallest absolute Gasteiger partial charge is 0.276 e. The van der Waals surface area contributed by atoms with Crippen molar-refractivity contribution in [3.05, 3.63) is 17.9 Å². The lowest BCUT2D eigenvalue weighted by Gasteiger charge is -2.20. The van der Waals surface area contributed by atoms with Crippen LogP contribution in [0.15, 0.2) is 21.6 Å². The lowest BCUT2D eigenvalue weighted by molar-refractivity contribution is 0.0106. The van der Waals surface area contributed by atoms with Gasteiger partial charge >= 0.3 is 0 Å². The molecule has 0 aliphatic carbocycles. The number of hydrogen-bond donors (Lipinski definition) is 1. The molecule has 2 fully saturated rings. The van der Waals surface area contributed by atoms with Crippen molar-refractivity contribution in [3.63, 3.8) is 0 Å². The van der Waals surface area contributed by atoms with E-state index in [-0.39, 0.29) is 18.2 Å². The standard InChI is InChI=1S/C14H20F2N2O4S/c15-14(16)7-11(9-19)17(10-14)8-12-3-4-13(22-12)23(20,21)18-5-1-2-6-18/h3-4,11,19H,1-2,5-10H2. The Morgan fingerprint density at radius 1 is 1.30 bits per heavy atom. The van der Waals surface area contributed by atoms with Crippen LogP contribution in [0.3, 0.4) is 0 Å². The average molecular weight is 350 g/mol. The third-order valence-corrected chi connectivity index (χ3v) is 6.12. The molecule has 1 atom stereocenters. The van der Waals surface area contributed by atoms with E-state index in [1.54, 1.807) is 0 Å². The van der Waals surface area contributed by atoms with Gasteiger partial charge in [-0.2, -0.15) is 4.31 Å². The third kappa shape index (κ3) is 3.42. The van der Waals surface area contributed by atoms with Crippen molar-refractivity contribution in [2.75, 3.05) is 26.2 Å². The van der Waals surface area contributed by atoms with E-state index < -0.39 is 35.0 Å². The van der Waals surface area contributed by atoms with E-state index in [2.05, 4.69) is 0 Å². The van der Waals surface area contributed by atoms with E-state index in [0.717, 1.165) is 12.8 Å². The van der Waals surface area contributed by atoms with E-state index in [0.29, 0.717) is 18.8 Å². The van der Waals surface area contributed by atoms with E-state index in [9.17, 15) is 22.3 Å². The molecule has 1 aromatic rings. The molecule has 23 heavy (non-hydrogen) atoms. The number of furan rings is 1. The summed E-state index contributed by atoms with van der Waals surface area (Å²) in [6, 6.07) is 2.22. The maximum Gasteiger partial charge on any atom is 0.276 e. The fourth-order valence-corrected chi connectivity index (χ4v) is 4.61. The Balaban J connectivity index is 1.72. The van der Waals surface area contributed by atoms with Gasteiger partial charge in [0.05, 0.1) is 19.7 Å². The zero-order valence-corrected chi connectivity index (χ0v) is 13.4.